The third kappa shape index (κ3) is 9.48. The molecule has 2 saturated carbocycles. The van der Waals surface area contributed by atoms with Crippen LogP contribution >= 0.6 is 0 Å². The molecule has 4 aromatic rings. The van der Waals surface area contributed by atoms with Crippen LogP contribution in [0.5, 0.6) is 5.88 Å². The molecule has 2 aliphatic carbocycles. The average molecular weight is 895 g/mol. The van der Waals surface area contributed by atoms with Crippen LogP contribution in [0.3, 0.4) is 0 Å². The maximum Gasteiger partial charge on any atom is 0.416 e. The number of fused-ring (bicyclic) bond motifs is 5. The van der Waals surface area contributed by atoms with Gasteiger partial charge in [0.25, 0.3) is 11.8 Å². The molecule has 15 nitrogen and oxygen atoms in total. The third-order valence-corrected chi connectivity index (χ3v) is 13.5. The molecule has 1 saturated heterocycles. The molecule has 4 heterocycles. The average Bonchev–Trinajstić information content (AvgIpc) is 4.11. The Hall–Kier alpha value is -5.72. The Bertz CT molecular complexity index is 2610. The molecule has 3 N–H and O–H groups in total. The Morgan fingerprint density at radius 2 is 1.75 bits per heavy atom. The predicted octanol–water partition coefficient (Wildman–Crippen LogP) is 6.62. The highest BCUT2D eigenvalue weighted by Crippen LogP contribution is 2.46. The highest BCUT2D eigenvalue weighted by Gasteiger charge is 2.62. The molecule has 0 unspecified atom stereocenters. The zero-order valence-corrected chi connectivity index (χ0v) is 36.0. The van der Waals surface area contributed by atoms with Crippen LogP contribution in [0.2, 0.25) is 0 Å². The molecule has 5 atom stereocenters. The molecule has 63 heavy (non-hydrogen) atoms. The normalized spacial score (nSPS) is 25.3. The fourth-order valence-electron chi connectivity index (χ4n) is 8.20. The SMILES string of the molecule is Cc1ccc2oc3c(O[C@@H]4C[C@H]5C(=O)N[C@]6(C(=O)NS(=O)(=O)C7CC7)C[C@H]6/C=C\CCCCC[C@H](NC(=O)OC(C)(C)C)C(=O)N5C4)nc(-c4ccc(C(F)(F)F)cc4)nc3c2c1. The minimum atomic E-state index is -4.57. The highest BCUT2D eigenvalue weighted by atomic mass is 32.2. The number of aromatic nitrogens is 2. The molecule has 0 radical (unpaired) electrons. The smallest absolute Gasteiger partial charge is 0.416 e. The summed E-state index contributed by atoms with van der Waals surface area (Å²) in [5.74, 6) is -2.81. The maximum absolute atomic E-state index is 14.7. The molecule has 2 aliphatic heterocycles. The first-order valence-corrected chi connectivity index (χ1v) is 22.7. The van der Waals surface area contributed by atoms with Crippen LogP contribution in [0.15, 0.2) is 59.0 Å². The summed E-state index contributed by atoms with van der Waals surface area (Å²) in [5, 5.41) is 5.43. The number of allylic oxidation sites excluding steroid dienone is 1. The Balaban J connectivity index is 1.16. The van der Waals surface area contributed by atoms with Gasteiger partial charge in [0.15, 0.2) is 5.82 Å². The summed E-state index contributed by atoms with van der Waals surface area (Å²) in [6, 6.07) is 7.34. The number of amides is 4. The van der Waals surface area contributed by atoms with E-state index in [9.17, 15) is 40.8 Å². The van der Waals surface area contributed by atoms with Crippen LogP contribution < -0.4 is 20.1 Å². The lowest BCUT2D eigenvalue weighted by Gasteiger charge is -2.30. The first-order valence-electron chi connectivity index (χ1n) is 21.1. The lowest BCUT2D eigenvalue weighted by molar-refractivity contribution is -0.141. The van der Waals surface area contributed by atoms with E-state index in [0.29, 0.717) is 48.6 Å². The number of hydrogen-bond acceptors (Lipinski definition) is 11. The van der Waals surface area contributed by atoms with Gasteiger partial charge in [0.05, 0.1) is 17.4 Å². The van der Waals surface area contributed by atoms with E-state index < -0.39 is 86.1 Å². The summed E-state index contributed by atoms with van der Waals surface area (Å²) >= 11 is 0. The Labute approximate surface area is 361 Å². The molecule has 0 spiro atoms. The number of sulfonamides is 1. The van der Waals surface area contributed by atoms with E-state index in [1.165, 1.54) is 17.0 Å². The monoisotopic (exact) mass is 894 g/mol. The number of carbonyl (C=O) groups is 4. The summed E-state index contributed by atoms with van der Waals surface area (Å²) in [5.41, 5.74) is -1.34. The highest BCUT2D eigenvalue weighted by molar-refractivity contribution is 7.91. The number of carbonyl (C=O) groups excluding carboxylic acids is 4. The molecule has 2 aromatic heterocycles. The minimum Gasteiger partial charge on any atom is -0.470 e. The number of nitrogens with one attached hydrogen (secondary N) is 3. The number of aryl methyl sites for hydroxylation is 1. The van der Waals surface area contributed by atoms with Crippen molar-refractivity contribution in [2.45, 2.75) is 126 Å². The van der Waals surface area contributed by atoms with E-state index in [1.54, 1.807) is 26.8 Å². The third-order valence-electron chi connectivity index (χ3n) is 11.7. The second-order valence-corrected chi connectivity index (χ2v) is 19.9. The lowest BCUT2D eigenvalue weighted by Crippen LogP contribution is -2.58. The van der Waals surface area contributed by atoms with Crippen LogP contribution in [0.25, 0.3) is 33.5 Å². The lowest BCUT2D eigenvalue weighted by atomic mass is 10.0. The van der Waals surface area contributed by atoms with Crippen molar-refractivity contribution in [3.05, 3.63) is 65.7 Å². The summed E-state index contributed by atoms with van der Waals surface area (Å²) in [6.45, 7) is 6.72. The van der Waals surface area contributed by atoms with Crippen LogP contribution in [0.4, 0.5) is 18.0 Å². The van der Waals surface area contributed by atoms with E-state index in [4.69, 9.17) is 18.9 Å². The topological polar surface area (TPSA) is 199 Å². The molecule has 4 amide bonds. The maximum atomic E-state index is 14.7. The van der Waals surface area contributed by atoms with Gasteiger partial charge in [0.2, 0.25) is 27.4 Å². The number of alkyl halides is 3. The standard InChI is InChI=1S/C44H49F3N6O9S/c1-24-12-19-33-30(20-24)34-35(61-33)38(50-36(49-34)25-13-15-26(16-14-25)44(45,46)47)60-28-21-32-37(54)51-43(40(56)52-63(58,59)29-17-18-29)22-27(43)10-8-6-5-7-9-11-31(39(55)53(32)23-28)48-41(57)62-42(2,3)4/h8,10,12-16,19-20,27-29,31-32H,5-7,9,11,17-18,21-23H2,1-4H3,(H,48,57)(H,51,54)(H,52,56)/b10-8-/t27-,28-,31+,32+,43-/m1/s1. The number of ether oxygens (including phenoxy) is 2. The van der Waals surface area contributed by atoms with E-state index >= 15 is 0 Å². The predicted molar refractivity (Wildman–Crippen MR) is 223 cm³/mol. The van der Waals surface area contributed by atoms with Crippen molar-refractivity contribution in [1.82, 2.24) is 30.2 Å². The van der Waals surface area contributed by atoms with Crippen molar-refractivity contribution in [2.24, 2.45) is 5.92 Å². The van der Waals surface area contributed by atoms with Gasteiger partial charge in [-0.05, 0) is 90.5 Å². The minimum absolute atomic E-state index is 0.0284. The van der Waals surface area contributed by atoms with Crippen LogP contribution in [-0.2, 0) is 35.3 Å². The number of furan rings is 1. The van der Waals surface area contributed by atoms with Gasteiger partial charge in [0.1, 0.15) is 40.4 Å². The number of nitrogens with zero attached hydrogens (tertiary/aromatic N) is 3. The van der Waals surface area contributed by atoms with Crippen molar-refractivity contribution in [1.29, 1.82) is 0 Å². The molecular weight excluding hydrogens is 846 g/mol. The van der Waals surface area contributed by atoms with Crippen LogP contribution in [0, 0.1) is 12.8 Å². The fraction of sp³-hybridized carbons (Fsp3) is 0.500. The largest absolute Gasteiger partial charge is 0.470 e. The van der Waals surface area contributed by atoms with Crippen LogP contribution in [-0.4, -0.2) is 88.2 Å². The molecular formula is C44H49F3N6O9S. The molecule has 2 aromatic carbocycles. The van der Waals surface area contributed by atoms with Crippen molar-refractivity contribution in [3.63, 3.8) is 0 Å². The van der Waals surface area contributed by atoms with Gasteiger partial charge in [-0.3, -0.25) is 19.1 Å². The van der Waals surface area contributed by atoms with Crippen molar-refractivity contribution in [3.8, 4) is 17.3 Å². The molecule has 3 fully saturated rings. The first-order chi connectivity index (χ1) is 29.7. The summed E-state index contributed by atoms with van der Waals surface area (Å²) in [6.07, 6.45) is 0.964. The van der Waals surface area contributed by atoms with Gasteiger partial charge >= 0.3 is 12.3 Å². The first kappa shape index (κ1) is 43.9. The zero-order valence-electron chi connectivity index (χ0n) is 35.2. The van der Waals surface area contributed by atoms with Crippen molar-refractivity contribution < 1.29 is 54.7 Å². The van der Waals surface area contributed by atoms with E-state index in [1.807, 2.05) is 31.2 Å². The molecule has 336 valence electrons. The zero-order chi connectivity index (χ0) is 45.1. The Morgan fingerprint density at radius 1 is 1.00 bits per heavy atom. The van der Waals surface area contributed by atoms with Crippen molar-refractivity contribution >= 4 is 55.9 Å². The van der Waals surface area contributed by atoms with Gasteiger partial charge in [0, 0.05) is 23.3 Å². The number of hydrogen-bond donors (Lipinski definition) is 3. The van der Waals surface area contributed by atoms with Gasteiger partial charge in [-0.15, -0.1) is 0 Å². The van der Waals surface area contributed by atoms with Crippen molar-refractivity contribution in [2.75, 3.05) is 6.54 Å². The second kappa shape index (κ2) is 16.4. The van der Waals surface area contributed by atoms with Gasteiger partial charge in [-0.25, -0.2) is 18.2 Å². The van der Waals surface area contributed by atoms with Gasteiger partial charge < -0.3 is 29.4 Å². The summed E-state index contributed by atoms with van der Waals surface area (Å²) in [7, 11) is -3.98. The summed E-state index contributed by atoms with van der Waals surface area (Å²) < 4.78 is 86.8. The van der Waals surface area contributed by atoms with E-state index in [2.05, 4.69) is 20.3 Å². The van der Waals surface area contributed by atoms with Crippen LogP contribution in [0.1, 0.15) is 89.7 Å². The molecule has 4 aliphatic rings. The van der Waals surface area contributed by atoms with E-state index in [0.717, 1.165) is 24.1 Å². The number of rotatable bonds is 7. The quantitative estimate of drug-likeness (QED) is 0.169. The molecule has 0 bridgehead atoms. The number of halogens is 3. The molecule has 8 rings (SSSR count). The van der Waals surface area contributed by atoms with Gasteiger partial charge in [-0.1, -0.05) is 48.8 Å². The fourth-order valence-corrected chi connectivity index (χ4v) is 9.57. The Morgan fingerprint density at radius 3 is 2.44 bits per heavy atom. The van der Waals surface area contributed by atoms with E-state index in [-0.39, 0.29) is 48.7 Å². The molecule has 19 heteroatoms. The van der Waals surface area contributed by atoms with Gasteiger partial charge in [-0.2, -0.15) is 18.2 Å². The Kier molecular flexibility index (Phi) is 11.5. The second-order valence-electron chi connectivity index (χ2n) is 17.9. The number of benzene rings is 2. The number of alkyl carbamates (subject to hydrolysis) is 1. The summed E-state index contributed by atoms with van der Waals surface area (Å²) in [4.78, 5) is 66.9.